The fraction of sp³-hybridized carbons (Fsp3) is 0.462. The normalized spacial score (nSPS) is 13.7. The van der Waals surface area contributed by atoms with Gasteiger partial charge in [0.05, 0.1) is 6.54 Å². The Morgan fingerprint density at radius 3 is 2.67 bits per heavy atom. The van der Waals surface area contributed by atoms with Gasteiger partial charge in [0, 0.05) is 11.8 Å². The van der Waals surface area contributed by atoms with E-state index in [9.17, 15) is 18.0 Å². The van der Waals surface area contributed by atoms with Crippen LogP contribution in [0.5, 0.6) is 5.75 Å². The summed E-state index contributed by atoms with van der Waals surface area (Å²) in [4.78, 5) is 11.5. The molecule has 2 rings (SSSR count). The van der Waals surface area contributed by atoms with Crippen molar-refractivity contribution in [2.45, 2.75) is 19.5 Å². The first-order chi connectivity index (χ1) is 9.54. The number of hydrogen-bond donors (Lipinski definition) is 2. The van der Waals surface area contributed by atoms with E-state index < -0.39 is 18.2 Å². The minimum atomic E-state index is -3.09. The maximum absolute atomic E-state index is 13.4. The van der Waals surface area contributed by atoms with Crippen LogP contribution in [0.1, 0.15) is 12.8 Å². The summed E-state index contributed by atoms with van der Waals surface area (Å²) in [5, 5.41) is 5.46. The summed E-state index contributed by atoms with van der Waals surface area (Å²) >= 11 is 0. The third-order valence-corrected chi connectivity index (χ3v) is 2.85. The van der Waals surface area contributed by atoms with Crippen molar-refractivity contribution >= 4 is 24.0 Å². The predicted molar refractivity (Wildman–Crippen MR) is 74.5 cm³/mol. The average Bonchev–Trinajstić information content (AvgIpc) is 3.16. The molecule has 1 fully saturated rings. The molecule has 1 aromatic carbocycles. The molecule has 0 saturated heterocycles. The standard InChI is InChI=1S/C13H15F3N2O2.ClH/c14-10-5-9(3-4-11(10)20-13(15)16)18-12(19)7-17-6-8-1-2-8;/h3-5,8,13,17H,1-2,6-7H2,(H,18,19);1H. The Morgan fingerprint density at radius 2 is 2.10 bits per heavy atom. The zero-order chi connectivity index (χ0) is 14.5. The number of halogens is 4. The van der Waals surface area contributed by atoms with Crippen LogP contribution in [0.3, 0.4) is 0 Å². The summed E-state index contributed by atoms with van der Waals surface area (Å²) in [7, 11) is 0. The topological polar surface area (TPSA) is 50.4 Å². The monoisotopic (exact) mass is 324 g/mol. The summed E-state index contributed by atoms with van der Waals surface area (Å²) < 4.78 is 41.3. The molecule has 0 aromatic heterocycles. The van der Waals surface area contributed by atoms with Crippen molar-refractivity contribution in [2.75, 3.05) is 18.4 Å². The largest absolute Gasteiger partial charge is 0.432 e. The summed E-state index contributed by atoms with van der Waals surface area (Å²) in [6, 6.07) is 3.30. The van der Waals surface area contributed by atoms with E-state index in [0.29, 0.717) is 5.92 Å². The van der Waals surface area contributed by atoms with Crippen LogP contribution in [-0.2, 0) is 4.79 Å². The summed E-state index contributed by atoms with van der Waals surface area (Å²) in [6.07, 6.45) is 2.37. The zero-order valence-electron chi connectivity index (χ0n) is 11.1. The van der Waals surface area contributed by atoms with Crippen LogP contribution in [0.15, 0.2) is 18.2 Å². The van der Waals surface area contributed by atoms with Gasteiger partial charge in [-0.2, -0.15) is 8.78 Å². The molecule has 2 N–H and O–H groups in total. The molecule has 0 bridgehead atoms. The highest BCUT2D eigenvalue weighted by Crippen LogP contribution is 2.27. The second kappa shape index (κ2) is 8.09. The van der Waals surface area contributed by atoms with E-state index in [4.69, 9.17) is 0 Å². The van der Waals surface area contributed by atoms with Crippen LogP contribution in [0.4, 0.5) is 18.9 Å². The highest BCUT2D eigenvalue weighted by atomic mass is 35.5. The van der Waals surface area contributed by atoms with Gasteiger partial charge in [-0.1, -0.05) is 0 Å². The molecule has 118 valence electrons. The van der Waals surface area contributed by atoms with Crippen LogP contribution in [0, 0.1) is 11.7 Å². The Hall–Kier alpha value is -1.47. The highest BCUT2D eigenvalue weighted by Gasteiger charge is 2.20. The van der Waals surface area contributed by atoms with Crippen molar-refractivity contribution in [3.05, 3.63) is 24.0 Å². The van der Waals surface area contributed by atoms with Gasteiger partial charge < -0.3 is 15.4 Å². The highest BCUT2D eigenvalue weighted by molar-refractivity contribution is 5.92. The Labute approximate surface area is 126 Å². The number of carbonyl (C=O) groups excluding carboxylic acids is 1. The molecule has 0 aliphatic heterocycles. The Balaban J connectivity index is 0.00000220. The minimum absolute atomic E-state index is 0. The minimum Gasteiger partial charge on any atom is -0.432 e. The average molecular weight is 325 g/mol. The molecular weight excluding hydrogens is 309 g/mol. The maximum atomic E-state index is 13.4. The lowest BCUT2D eigenvalue weighted by atomic mass is 10.3. The number of rotatable bonds is 7. The second-order valence-electron chi connectivity index (χ2n) is 4.65. The molecule has 4 nitrogen and oxygen atoms in total. The fourth-order valence-corrected chi connectivity index (χ4v) is 1.69. The Kier molecular flexibility index (Phi) is 6.77. The molecule has 0 radical (unpaired) electrons. The molecule has 21 heavy (non-hydrogen) atoms. The summed E-state index contributed by atoms with van der Waals surface area (Å²) in [6.45, 7) is -2.16. The number of nitrogens with one attached hydrogen (secondary N) is 2. The van der Waals surface area contributed by atoms with Crippen LogP contribution in [-0.4, -0.2) is 25.6 Å². The number of anilines is 1. The van der Waals surface area contributed by atoms with Crippen LogP contribution in [0.25, 0.3) is 0 Å². The van der Waals surface area contributed by atoms with Crippen LogP contribution in [0.2, 0.25) is 0 Å². The van der Waals surface area contributed by atoms with Crippen molar-refractivity contribution in [1.82, 2.24) is 5.32 Å². The zero-order valence-corrected chi connectivity index (χ0v) is 11.9. The second-order valence-corrected chi connectivity index (χ2v) is 4.65. The van der Waals surface area contributed by atoms with Crippen molar-refractivity contribution in [1.29, 1.82) is 0 Å². The van der Waals surface area contributed by atoms with E-state index in [1.54, 1.807) is 0 Å². The van der Waals surface area contributed by atoms with Gasteiger partial charge in [0.15, 0.2) is 11.6 Å². The first-order valence-electron chi connectivity index (χ1n) is 6.29. The number of hydrogen-bond acceptors (Lipinski definition) is 3. The van der Waals surface area contributed by atoms with E-state index in [2.05, 4.69) is 15.4 Å². The predicted octanol–water partition coefficient (Wildman–Crippen LogP) is 2.79. The van der Waals surface area contributed by atoms with Crippen molar-refractivity contribution in [2.24, 2.45) is 5.92 Å². The summed E-state index contributed by atoms with van der Waals surface area (Å²) in [5.74, 6) is -1.16. The molecule has 0 heterocycles. The number of benzene rings is 1. The SMILES string of the molecule is Cl.O=C(CNCC1CC1)Nc1ccc(OC(F)F)c(F)c1. The van der Waals surface area contributed by atoms with E-state index in [1.807, 2.05) is 0 Å². The van der Waals surface area contributed by atoms with Gasteiger partial charge in [-0.3, -0.25) is 4.79 Å². The fourth-order valence-electron chi connectivity index (χ4n) is 1.69. The van der Waals surface area contributed by atoms with Gasteiger partial charge in [-0.15, -0.1) is 12.4 Å². The lowest BCUT2D eigenvalue weighted by Gasteiger charge is -2.09. The van der Waals surface area contributed by atoms with Crippen molar-refractivity contribution < 1.29 is 22.7 Å². The van der Waals surface area contributed by atoms with E-state index in [1.165, 1.54) is 18.9 Å². The summed E-state index contributed by atoms with van der Waals surface area (Å²) in [5.41, 5.74) is 0.197. The van der Waals surface area contributed by atoms with Gasteiger partial charge in [-0.25, -0.2) is 4.39 Å². The van der Waals surface area contributed by atoms with Gasteiger partial charge >= 0.3 is 6.61 Å². The molecule has 1 aromatic rings. The number of carbonyl (C=O) groups is 1. The molecule has 8 heteroatoms. The maximum Gasteiger partial charge on any atom is 0.387 e. The third-order valence-electron chi connectivity index (χ3n) is 2.85. The number of amides is 1. The first-order valence-corrected chi connectivity index (χ1v) is 6.29. The van der Waals surface area contributed by atoms with Crippen LogP contribution >= 0.6 is 12.4 Å². The first kappa shape index (κ1) is 17.6. The van der Waals surface area contributed by atoms with E-state index in [-0.39, 0.29) is 30.5 Å². The Bertz CT molecular complexity index is 484. The third kappa shape index (κ3) is 6.22. The van der Waals surface area contributed by atoms with E-state index in [0.717, 1.165) is 18.7 Å². The smallest absolute Gasteiger partial charge is 0.387 e. The Morgan fingerprint density at radius 1 is 1.38 bits per heavy atom. The molecule has 0 spiro atoms. The van der Waals surface area contributed by atoms with Crippen molar-refractivity contribution in [3.63, 3.8) is 0 Å². The number of alkyl halides is 2. The van der Waals surface area contributed by atoms with Gasteiger partial charge in [0.2, 0.25) is 5.91 Å². The lowest BCUT2D eigenvalue weighted by molar-refractivity contribution is -0.115. The molecule has 1 amide bonds. The van der Waals surface area contributed by atoms with E-state index >= 15 is 0 Å². The molecule has 1 aliphatic carbocycles. The van der Waals surface area contributed by atoms with Crippen LogP contribution < -0.4 is 15.4 Å². The lowest BCUT2D eigenvalue weighted by Crippen LogP contribution is -2.29. The molecule has 0 atom stereocenters. The molecule has 1 saturated carbocycles. The number of ether oxygens (including phenoxy) is 1. The molecule has 1 aliphatic rings. The quantitative estimate of drug-likeness (QED) is 0.811. The van der Waals surface area contributed by atoms with Gasteiger partial charge in [-0.05, 0) is 37.4 Å². The van der Waals surface area contributed by atoms with Gasteiger partial charge in [0.25, 0.3) is 0 Å². The molecule has 0 unspecified atom stereocenters. The van der Waals surface area contributed by atoms with Gasteiger partial charge in [0.1, 0.15) is 0 Å². The van der Waals surface area contributed by atoms with Crippen molar-refractivity contribution in [3.8, 4) is 5.75 Å². The molecular formula is C13H16ClF3N2O2.